The van der Waals surface area contributed by atoms with Gasteiger partial charge >= 0.3 is 11.7 Å². The first-order valence-corrected chi connectivity index (χ1v) is 7.69. The number of aryl methyl sites for hydroxylation is 1. The Morgan fingerprint density at radius 2 is 1.77 bits per heavy atom. The van der Waals surface area contributed by atoms with E-state index in [4.69, 9.17) is 9.84 Å². The van der Waals surface area contributed by atoms with Gasteiger partial charge in [-0.3, -0.25) is 14.2 Å². The van der Waals surface area contributed by atoms with Crippen LogP contribution in [0.15, 0.2) is 46.1 Å². The summed E-state index contributed by atoms with van der Waals surface area (Å²) in [6, 6.07) is 5.97. The number of hydrogen-bond acceptors (Lipinski definition) is 5. The third-order valence-electron chi connectivity index (χ3n) is 3.69. The number of aliphatic carboxylic acids is 1. The van der Waals surface area contributed by atoms with Crippen LogP contribution in [0.1, 0.15) is 22.8 Å². The van der Waals surface area contributed by atoms with Crippen LogP contribution in [0.25, 0.3) is 6.08 Å². The highest BCUT2D eigenvalue weighted by atomic mass is 16.5. The van der Waals surface area contributed by atoms with Crippen LogP contribution in [0, 0.1) is 0 Å². The van der Waals surface area contributed by atoms with Gasteiger partial charge in [-0.25, -0.2) is 9.59 Å². The second-order valence-electron chi connectivity index (χ2n) is 5.66. The van der Waals surface area contributed by atoms with Crippen LogP contribution in [0.3, 0.4) is 0 Å². The topological polar surface area (TPSA) is 108 Å². The molecule has 1 atom stereocenters. The molecule has 0 aliphatic heterocycles. The number of carboxylic acid groups (broad SMARTS) is 1. The molecule has 1 heterocycles. The predicted molar refractivity (Wildman–Crippen MR) is 94.5 cm³/mol. The van der Waals surface area contributed by atoms with Crippen molar-refractivity contribution in [3.63, 3.8) is 0 Å². The lowest BCUT2D eigenvalue weighted by Crippen LogP contribution is -2.37. The first-order chi connectivity index (χ1) is 12.2. The van der Waals surface area contributed by atoms with Crippen LogP contribution in [0.2, 0.25) is 0 Å². The van der Waals surface area contributed by atoms with Gasteiger partial charge in [0.15, 0.2) is 11.9 Å². The molecular formula is C18H18N2O6. The van der Waals surface area contributed by atoms with Crippen LogP contribution >= 0.6 is 0 Å². The van der Waals surface area contributed by atoms with E-state index in [0.29, 0.717) is 11.3 Å². The molecule has 0 saturated carbocycles. The normalized spacial score (nSPS) is 12.1. The van der Waals surface area contributed by atoms with Crippen LogP contribution in [0.5, 0.6) is 5.75 Å². The highest BCUT2D eigenvalue weighted by Crippen LogP contribution is 2.15. The predicted octanol–water partition coefficient (Wildman–Crippen LogP) is 0.832. The summed E-state index contributed by atoms with van der Waals surface area (Å²) in [7, 11) is 2.87. The molecule has 8 heteroatoms. The summed E-state index contributed by atoms with van der Waals surface area (Å²) in [6.45, 7) is 1.40. The van der Waals surface area contributed by atoms with E-state index >= 15 is 0 Å². The molecule has 1 aromatic carbocycles. The molecule has 0 fully saturated rings. The number of carbonyl (C=O) groups excluding carboxylic acids is 1. The van der Waals surface area contributed by atoms with Crippen molar-refractivity contribution >= 4 is 17.8 Å². The Bertz CT molecular complexity index is 982. The number of ether oxygens (including phenoxy) is 1. The fraction of sp³-hybridized carbons (Fsp3) is 0.222. The van der Waals surface area contributed by atoms with Gasteiger partial charge in [-0.05, 0) is 43.3 Å². The van der Waals surface area contributed by atoms with Gasteiger partial charge in [0.2, 0.25) is 0 Å². The molecule has 0 amide bonds. The summed E-state index contributed by atoms with van der Waals surface area (Å²) in [6.07, 6.45) is 2.94. The number of nitrogens with zero attached hydrogens (tertiary/aromatic N) is 2. The number of aromatic nitrogens is 2. The van der Waals surface area contributed by atoms with Gasteiger partial charge in [0, 0.05) is 25.9 Å². The first-order valence-electron chi connectivity index (χ1n) is 7.69. The van der Waals surface area contributed by atoms with Crippen molar-refractivity contribution in [2.24, 2.45) is 14.1 Å². The van der Waals surface area contributed by atoms with Gasteiger partial charge in [-0.1, -0.05) is 0 Å². The quantitative estimate of drug-likeness (QED) is 0.605. The zero-order chi connectivity index (χ0) is 19.4. The average Bonchev–Trinajstić information content (AvgIpc) is 2.62. The number of rotatable bonds is 6. The number of benzene rings is 1. The van der Waals surface area contributed by atoms with E-state index in [1.165, 1.54) is 68.2 Å². The zero-order valence-electron chi connectivity index (χ0n) is 14.5. The smallest absolute Gasteiger partial charge is 0.344 e. The molecule has 1 aromatic heterocycles. The second kappa shape index (κ2) is 7.64. The molecule has 8 nitrogen and oxygen atoms in total. The van der Waals surface area contributed by atoms with E-state index in [1.54, 1.807) is 0 Å². The summed E-state index contributed by atoms with van der Waals surface area (Å²) in [5, 5.41) is 8.81. The first kappa shape index (κ1) is 18.9. The summed E-state index contributed by atoms with van der Waals surface area (Å²) in [5.74, 6) is -1.11. The van der Waals surface area contributed by atoms with Crippen molar-refractivity contribution in [1.29, 1.82) is 0 Å². The van der Waals surface area contributed by atoms with Crippen molar-refractivity contribution in [3.8, 4) is 5.75 Å². The minimum absolute atomic E-state index is 0.207. The van der Waals surface area contributed by atoms with E-state index in [-0.39, 0.29) is 11.3 Å². The summed E-state index contributed by atoms with van der Waals surface area (Å²) < 4.78 is 7.40. The minimum atomic E-state index is -1.09. The monoisotopic (exact) mass is 358 g/mol. The van der Waals surface area contributed by atoms with E-state index in [2.05, 4.69) is 0 Å². The number of hydrogen-bond donors (Lipinski definition) is 1. The molecule has 0 bridgehead atoms. The molecule has 2 rings (SSSR count). The Labute approximate surface area is 148 Å². The van der Waals surface area contributed by atoms with Crippen LogP contribution in [0.4, 0.5) is 0 Å². The lowest BCUT2D eigenvalue weighted by Gasteiger charge is -2.10. The largest absolute Gasteiger partial charge is 0.479 e. The molecule has 0 spiro atoms. The van der Waals surface area contributed by atoms with E-state index in [1.807, 2.05) is 0 Å². The van der Waals surface area contributed by atoms with Gasteiger partial charge in [0.25, 0.3) is 5.56 Å². The van der Waals surface area contributed by atoms with Gasteiger partial charge in [-0.15, -0.1) is 0 Å². The van der Waals surface area contributed by atoms with E-state index in [0.717, 1.165) is 4.57 Å². The number of allylic oxidation sites excluding steroid dienone is 1. The molecule has 0 aliphatic carbocycles. The second-order valence-corrected chi connectivity index (χ2v) is 5.66. The molecule has 2 aromatic rings. The molecule has 0 aliphatic rings. The number of ketones is 1. The molecule has 136 valence electrons. The Morgan fingerprint density at radius 1 is 1.15 bits per heavy atom. The maximum absolute atomic E-state index is 12.2. The molecule has 0 radical (unpaired) electrons. The fourth-order valence-corrected chi connectivity index (χ4v) is 2.16. The SMILES string of the molecule is CC(Oc1ccc(C(=O)C=Cc2cn(C)c(=O)n(C)c2=O)cc1)C(=O)O. The molecular weight excluding hydrogens is 340 g/mol. The number of carboxylic acids is 1. The van der Waals surface area contributed by atoms with Crippen LogP contribution < -0.4 is 16.0 Å². The van der Waals surface area contributed by atoms with Crippen LogP contribution in [-0.2, 0) is 18.9 Å². The molecule has 0 saturated heterocycles. The van der Waals surface area contributed by atoms with Gasteiger partial charge in [0.1, 0.15) is 5.75 Å². The standard InChI is InChI=1S/C18H18N2O6/c1-11(17(23)24)26-14-7-4-12(5-8-14)15(21)9-6-13-10-19(2)18(25)20(3)16(13)22/h4-11H,1-3H3,(H,23,24). The lowest BCUT2D eigenvalue weighted by atomic mass is 10.1. The zero-order valence-corrected chi connectivity index (χ0v) is 14.5. The maximum Gasteiger partial charge on any atom is 0.344 e. The molecule has 1 unspecified atom stereocenters. The Morgan fingerprint density at radius 3 is 2.35 bits per heavy atom. The lowest BCUT2D eigenvalue weighted by molar-refractivity contribution is -0.144. The average molecular weight is 358 g/mol. The van der Waals surface area contributed by atoms with E-state index in [9.17, 15) is 19.2 Å². The maximum atomic E-state index is 12.2. The minimum Gasteiger partial charge on any atom is -0.479 e. The van der Waals surface area contributed by atoms with E-state index < -0.39 is 23.3 Å². The summed E-state index contributed by atoms with van der Waals surface area (Å²) in [4.78, 5) is 46.6. The van der Waals surface area contributed by atoms with Gasteiger partial charge in [0.05, 0.1) is 5.56 Å². The Hall–Kier alpha value is -3.42. The summed E-state index contributed by atoms with van der Waals surface area (Å²) >= 11 is 0. The fourth-order valence-electron chi connectivity index (χ4n) is 2.16. The molecule has 26 heavy (non-hydrogen) atoms. The Kier molecular flexibility index (Phi) is 5.56. The van der Waals surface area contributed by atoms with Crippen molar-refractivity contribution in [2.45, 2.75) is 13.0 Å². The third-order valence-corrected chi connectivity index (χ3v) is 3.69. The van der Waals surface area contributed by atoms with Crippen molar-refractivity contribution < 1.29 is 19.4 Å². The number of carbonyl (C=O) groups is 2. The van der Waals surface area contributed by atoms with Gasteiger partial charge < -0.3 is 14.4 Å². The third kappa shape index (κ3) is 4.15. The molecule has 1 N–H and O–H groups in total. The van der Waals surface area contributed by atoms with Gasteiger partial charge in [-0.2, -0.15) is 0 Å². The summed E-state index contributed by atoms with van der Waals surface area (Å²) in [5.41, 5.74) is -0.399. The highest BCUT2D eigenvalue weighted by Gasteiger charge is 2.12. The van der Waals surface area contributed by atoms with Crippen molar-refractivity contribution in [3.05, 3.63) is 68.5 Å². The Balaban J connectivity index is 2.18. The highest BCUT2D eigenvalue weighted by molar-refractivity contribution is 6.06. The van der Waals surface area contributed by atoms with Crippen molar-refractivity contribution in [1.82, 2.24) is 9.13 Å². The van der Waals surface area contributed by atoms with Crippen molar-refractivity contribution in [2.75, 3.05) is 0 Å². The van der Waals surface area contributed by atoms with Crippen LogP contribution in [-0.4, -0.2) is 32.1 Å².